The molecule has 1 aromatic rings. The van der Waals surface area contributed by atoms with Gasteiger partial charge in [-0.2, -0.15) is 5.10 Å². The van der Waals surface area contributed by atoms with Crippen molar-refractivity contribution >= 4 is 5.96 Å². The molecule has 1 aliphatic heterocycles. The number of methoxy groups -OCH3 is 1. The van der Waals surface area contributed by atoms with Crippen molar-refractivity contribution in [1.82, 2.24) is 20.0 Å². The smallest absolute Gasteiger partial charge is 0.194 e. The van der Waals surface area contributed by atoms with Gasteiger partial charge >= 0.3 is 0 Å². The lowest BCUT2D eigenvalue weighted by Gasteiger charge is -2.34. The first-order chi connectivity index (χ1) is 12.7. The van der Waals surface area contributed by atoms with E-state index in [4.69, 9.17) is 19.2 Å². The topological polar surface area (TPSA) is 73.1 Å². The van der Waals surface area contributed by atoms with Crippen molar-refractivity contribution in [2.24, 2.45) is 12.0 Å². The number of hydrogen-bond donors (Lipinski definition) is 1. The maximum Gasteiger partial charge on any atom is 0.194 e. The first kappa shape index (κ1) is 20.7. The lowest BCUT2D eigenvalue weighted by Crippen LogP contribution is -2.48. The molecule has 1 atom stereocenters. The average molecular weight is 367 g/mol. The fourth-order valence-electron chi connectivity index (χ4n) is 2.82. The molecule has 2 rings (SSSR count). The van der Waals surface area contributed by atoms with Crippen LogP contribution in [0.3, 0.4) is 0 Å². The molecule has 1 fully saturated rings. The van der Waals surface area contributed by atoms with Gasteiger partial charge in [0.05, 0.1) is 32.6 Å². The molecule has 8 nitrogen and oxygen atoms in total. The zero-order valence-electron chi connectivity index (χ0n) is 16.3. The van der Waals surface area contributed by atoms with E-state index in [1.807, 2.05) is 24.1 Å². The van der Waals surface area contributed by atoms with Gasteiger partial charge in [0, 0.05) is 52.2 Å². The van der Waals surface area contributed by atoms with Crippen LogP contribution in [0, 0.1) is 0 Å². The van der Waals surface area contributed by atoms with Crippen LogP contribution in [0.15, 0.2) is 17.4 Å². The Hall–Kier alpha value is -1.64. The summed E-state index contributed by atoms with van der Waals surface area (Å²) in [7, 11) is 3.61. The number of unbranched alkanes of at least 4 members (excludes halogenated alkanes) is 1. The standard InChI is InChI=1S/C18H33N5O3/c1-4-19-18(20-7-5-6-9-25-12-11-24-3)23-8-10-26-17(15-23)16-13-21-22(2)14-16/h13-14,17H,4-12,15H2,1-3H3,(H,19,20). The zero-order chi connectivity index (χ0) is 18.6. The Bertz CT molecular complexity index is 535. The van der Waals surface area contributed by atoms with Gasteiger partial charge in [-0.05, 0) is 19.8 Å². The van der Waals surface area contributed by atoms with E-state index in [1.54, 1.807) is 7.11 Å². The fraction of sp³-hybridized carbons (Fsp3) is 0.778. The molecular formula is C18H33N5O3. The van der Waals surface area contributed by atoms with Crippen molar-refractivity contribution < 1.29 is 14.2 Å². The third kappa shape index (κ3) is 6.93. The minimum Gasteiger partial charge on any atom is -0.382 e. The highest BCUT2D eigenvalue weighted by Gasteiger charge is 2.25. The van der Waals surface area contributed by atoms with Crippen molar-refractivity contribution in [2.45, 2.75) is 25.9 Å². The van der Waals surface area contributed by atoms with Gasteiger partial charge < -0.3 is 24.4 Å². The summed E-state index contributed by atoms with van der Waals surface area (Å²) in [5.74, 6) is 0.963. The highest BCUT2D eigenvalue weighted by molar-refractivity contribution is 5.80. The van der Waals surface area contributed by atoms with E-state index in [-0.39, 0.29) is 6.10 Å². The third-order valence-corrected chi connectivity index (χ3v) is 4.19. The molecule has 1 aliphatic rings. The summed E-state index contributed by atoms with van der Waals surface area (Å²) >= 11 is 0. The quantitative estimate of drug-likeness (QED) is 0.381. The van der Waals surface area contributed by atoms with Gasteiger partial charge in [0.2, 0.25) is 0 Å². The van der Waals surface area contributed by atoms with Crippen molar-refractivity contribution in [3.8, 4) is 0 Å². The fourth-order valence-corrected chi connectivity index (χ4v) is 2.82. The van der Waals surface area contributed by atoms with Crippen LogP contribution in [-0.2, 0) is 21.3 Å². The van der Waals surface area contributed by atoms with Crippen LogP contribution in [0.4, 0.5) is 0 Å². The van der Waals surface area contributed by atoms with Crippen LogP contribution in [0.25, 0.3) is 0 Å². The highest BCUT2D eigenvalue weighted by Crippen LogP contribution is 2.21. The van der Waals surface area contributed by atoms with Crippen LogP contribution < -0.4 is 5.32 Å². The van der Waals surface area contributed by atoms with Gasteiger partial charge in [0.15, 0.2) is 5.96 Å². The predicted molar refractivity (Wildman–Crippen MR) is 101 cm³/mol. The third-order valence-electron chi connectivity index (χ3n) is 4.19. The number of ether oxygens (including phenoxy) is 3. The maximum absolute atomic E-state index is 5.92. The molecule has 0 radical (unpaired) electrons. The Morgan fingerprint density at radius 1 is 1.38 bits per heavy atom. The average Bonchev–Trinajstić information content (AvgIpc) is 3.09. The van der Waals surface area contributed by atoms with E-state index in [9.17, 15) is 0 Å². The van der Waals surface area contributed by atoms with Crippen LogP contribution in [0.5, 0.6) is 0 Å². The molecule has 0 amide bonds. The van der Waals surface area contributed by atoms with E-state index in [0.717, 1.165) is 57.2 Å². The molecule has 0 bridgehead atoms. The Labute approximate surface area is 156 Å². The molecule has 1 saturated heterocycles. The van der Waals surface area contributed by atoms with E-state index in [0.29, 0.717) is 19.8 Å². The highest BCUT2D eigenvalue weighted by atomic mass is 16.5. The van der Waals surface area contributed by atoms with Gasteiger partial charge in [-0.1, -0.05) is 0 Å². The van der Waals surface area contributed by atoms with Gasteiger partial charge in [0.1, 0.15) is 6.10 Å². The van der Waals surface area contributed by atoms with Crippen molar-refractivity contribution in [1.29, 1.82) is 0 Å². The lowest BCUT2D eigenvalue weighted by molar-refractivity contribution is -0.00804. The van der Waals surface area contributed by atoms with Crippen LogP contribution in [0.2, 0.25) is 0 Å². The second-order valence-corrected chi connectivity index (χ2v) is 6.30. The predicted octanol–water partition coefficient (Wildman–Crippen LogP) is 1.20. The molecule has 0 saturated carbocycles. The summed E-state index contributed by atoms with van der Waals surface area (Å²) in [5, 5.41) is 7.65. The van der Waals surface area contributed by atoms with Crippen molar-refractivity contribution in [2.75, 3.05) is 59.7 Å². The summed E-state index contributed by atoms with van der Waals surface area (Å²) in [4.78, 5) is 7.06. The number of nitrogens with zero attached hydrogens (tertiary/aromatic N) is 4. The Morgan fingerprint density at radius 3 is 3.00 bits per heavy atom. The van der Waals surface area contributed by atoms with E-state index < -0.39 is 0 Å². The van der Waals surface area contributed by atoms with E-state index in [2.05, 4.69) is 22.2 Å². The largest absolute Gasteiger partial charge is 0.382 e. The number of guanidine groups is 1. The second-order valence-electron chi connectivity index (χ2n) is 6.30. The Morgan fingerprint density at radius 2 is 2.27 bits per heavy atom. The number of morpholine rings is 1. The van der Waals surface area contributed by atoms with Crippen molar-refractivity contribution in [3.05, 3.63) is 18.0 Å². The van der Waals surface area contributed by atoms with Gasteiger partial charge in [-0.3, -0.25) is 9.67 Å². The van der Waals surface area contributed by atoms with Crippen molar-refractivity contribution in [3.63, 3.8) is 0 Å². The normalized spacial score (nSPS) is 18.3. The molecule has 1 aromatic heterocycles. The summed E-state index contributed by atoms with van der Waals surface area (Å²) in [6, 6.07) is 0. The van der Waals surface area contributed by atoms with E-state index >= 15 is 0 Å². The number of aromatic nitrogens is 2. The molecule has 148 valence electrons. The molecule has 0 spiro atoms. The van der Waals surface area contributed by atoms with Gasteiger partial charge in [-0.15, -0.1) is 0 Å². The summed E-state index contributed by atoms with van der Waals surface area (Å²) in [6.07, 6.45) is 5.95. The summed E-state index contributed by atoms with van der Waals surface area (Å²) in [5.41, 5.74) is 1.11. The number of hydrogen-bond acceptors (Lipinski definition) is 5. The molecule has 1 N–H and O–H groups in total. The van der Waals surface area contributed by atoms with Gasteiger partial charge in [0.25, 0.3) is 0 Å². The van der Waals surface area contributed by atoms with E-state index in [1.165, 1.54) is 0 Å². The molecule has 1 unspecified atom stereocenters. The molecule has 0 aromatic carbocycles. The van der Waals surface area contributed by atoms with Gasteiger partial charge in [-0.25, -0.2) is 0 Å². The number of rotatable bonds is 10. The first-order valence-corrected chi connectivity index (χ1v) is 9.44. The molecular weight excluding hydrogens is 334 g/mol. The Kier molecular flexibility index (Phi) is 9.44. The second kappa shape index (κ2) is 11.9. The van der Waals surface area contributed by atoms with Crippen LogP contribution in [-0.4, -0.2) is 80.4 Å². The molecule has 8 heteroatoms. The maximum atomic E-state index is 5.92. The minimum atomic E-state index is 0.0375. The Balaban J connectivity index is 1.79. The summed E-state index contributed by atoms with van der Waals surface area (Å²) in [6.45, 7) is 8.15. The lowest BCUT2D eigenvalue weighted by atomic mass is 10.1. The number of aliphatic imine (C=N–C) groups is 1. The zero-order valence-corrected chi connectivity index (χ0v) is 16.3. The van der Waals surface area contributed by atoms with Crippen LogP contribution in [0.1, 0.15) is 31.4 Å². The summed E-state index contributed by atoms with van der Waals surface area (Å²) < 4.78 is 18.2. The minimum absolute atomic E-state index is 0.0375. The first-order valence-electron chi connectivity index (χ1n) is 9.44. The SMILES string of the molecule is CCNC(=NCCCCOCCOC)N1CCOC(c2cnn(C)c2)C1. The monoisotopic (exact) mass is 367 g/mol. The molecule has 0 aliphatic carbocycles. The van der Waals surface area contributed by atoms with Crippen LogP contribution >= 0.6 is 0 Å². The molecule has 2 heterocycles. The number of aryl methyl sites for hydroxylation is 1. The number of nitrogens with one attached hydrogen (secondary N) is 1. The molecule has 26 heavy (non-hydrogen) atoms.